The van der Waals surface area contributed by atoms with Crippen LogP contribution in [-0.2, 0) is 28.9 Å². The number of amides is 1. The SMILES string of the molecule is CN(Cc1n[nH]c2c1CCCCC2)C(=O)[C@H]1CNCCO1. The monoisotopic (exact) mass is 292 g/mol. The van der Waals surface area contributed by atoms with E-state index in [0.717, 1.165) is 25.1 Å². The third-order valence-corrected chi connectivity index (χ3v) is 4.36. The number of nitrogens with one attached hydrogen (secondary N) is 2. The molecular weight excluding hydrogens is 268 g/mol. The van der Waals surface area contributed by atoms with Crippen LogP contribution in [0.2, 0.25) is 0 Å². The van der Waals surface area contributed by atoms with Crippen LogP contribution in [0, 0.1) is 0 Å². The fraction of sp³-hybridized carbons (Fsp3) is 0.733. The van der Waals surface area contributed by atoms with Crippen molar-refractivity contribution in [2.24, 2.45) is 0 Å². The summed E-state index contributed by atoms with van der Waals surface area (Å²) in [5.41, 5.74) is 3.61. The molecule has 0 radical (unpaired) electrons. The normalized spacial score (nSPS) is 22.4. The van der Waals surface area contributed by atoms with Gasteiger partial charge < -0.3 is 15.0 Å². The molecular formula is C15H24N4O2. The molecule has 0 aromatic carbocycles. The smallest absolute Gasteiger partial charge is 0.253 e. The van der Waals surface area contributed by atoms with Crippen molar-refractivity contribution in [3.05, 3.63) is 17.0 Å². The number of hydrogen-bond donors (Lipinski definition) is 2. The van der Waals surface area contributed by atoms with Crippen LogP contribution < -0.4 is 5.32 Å². The number of H-pyrrole nitrogens is 1. The lowest BCUT2D eigenvalue weighted by atomic mass is 10.1. The van der Waals surface area contributed by atoms with E-state index in [1.807, 2.05) is 7.05 Å². The van der Waals surface area contributed by atoms with Gasteiger partial charge in [0.1, 0.15) is 6.10 Å². The molecule has 3 rings (SSSR count). The zero-order chi connectivity index (χ0) is 14.7. The predicted molar refractivity (Wildman–Crippen MR) is 78.9 cm³/mol. The Morgan fingerprint density at radius 3 is 3.05 bits per heavy atom. The second-order valence-corrected chi connectivity index (χ2v) is 5.95. The molecule has 1 aromatic rings. The number of morpholine rings is 1. The summed E-state index contributed by atoms with van der Waals surface area (Å²) in [6.07, 6.45) is 5.51. The van der Waals surface area contributed by atoms with Crippen molar-refractivity contribution in [3.8, 4) is 0 Å². The molecule has 1 amide bonds. The molecule has 2 heterocycles. The molecule has 0 saturated carbocycles. The van der Waals surface area contributed by atoms with E-state index < -0.39 is 0 Å². The van der Waals surface area contributed by atoms with Crippen molar-refractivity contribution in [3.63, 3.8) is 0 Å². The second kappa shape index (κ2) is 6.58. The Morgan fingerprint density at radius 2 is 2.24 bits per heavy atom. The van der Waals surface area contributed by atoms with Crippen molar-refractivity contribution < 1.29 is 9.53 Å². The molecule has 2 N–H and O–H groups in total. The third-order valence-electron chi connectivity index (χ3n) is 4.36. The van der Waals surface area contributed by atoms with Crippen molar-refractivity contribution in [1.82, 2.24) is 20.4 Å². The van der Waals surface area contributed by atoms with Crippen molar-refractivity contribution in [2.75, 3.05) is 26.7 Å². The number of aromatic nitrogens is 2. The minimum Gasteiger partial charge on any atom is -0.366 e. The van der Waals surface area contributed by atoms with Crippen LogP contribution in [0.5, 0.6) is 0 Å². The topological polar surface area (TPSA) is 70.2 Å². The number of aromatic amines is 1. The fourth-order valence-corrected chi connectivity index (χ4v) is 3.13. The molecule has 1 aromatic heterocycles. The zero-order valence-corrected chi connectivity index (χ0v) is 12.7. The molecule has 2 aliphatic rings. The molecule has 6 nitrogen and oxygen atoms in total. The number of nitrogens with zero attached hydrogens (tertiary/aromatic N) is 2. The van der Waals surface area contributed by atoms with E-state index in [2.05, 4.69) is 15.5 Å². The maximum Gasteiger partial charge on any atom is 0.253 e. The Morgan fingerprint density at radius 1 is 1.38 bits per heavy atom. The highest BCUT2D eigenvalue weighted by Gasteiger charge is 2.26. The van der Waals surface area contributed by atoms with Gasteiger partial charge in [0.05, 0.1) is 18.8 Å². The molecule has 1 aliphatic heterocycles. The second-order valence-electron chi connectivity index (χ2n) is 5.95. The fourth-order valence-electron chi connectivity index (χ4n) is 3.13. The van der Waals surface area contributed by atoms with Crippen molar-refractivity contribution >= 4 is 5.91 Å². The minimum atomic E-state index is -0.360. The van der Waals surface area contributed by atoms with Crippen LogP contribution in [0.15, 0.2) is 0 Å². The van der Waals surface area contributed by atoms with E-state index >= 15 is 0 Å². The number of carbonyl (C=O) groups excluding carboxylic acids is 1. The number of ether oxygens (including phenoxy) is 1. The average molecular weight is 292 g/mol. The minimum absolute atomic E-state index is 0.0348. The van der Waals surface area contributed by atoms with Crippen molar-refractivity contribution in [1.29, 1.82) is 0 Å². The Hall–Kier alpha value is -1.40. The largest absolute Gasteiger partial charge is 0.366 e. The van der Waals surface area contributed by atoms with Crippen LogP contribution in [0.1, 0.15) is 36.2 Å². The maximum absolute atomic E-state index is 12.4. The third kappa shape index (κ3) is 3.27. The van der Waals surface area contributed by atoms with Gasteiger partial charge in [-0.1, -0.05) is 6.42 Å². The number of aryl methyl sites for hydroxylation is 1. The van der Waals surface area contributed by atoms with E-state index in [9.17, 15) is 4.79 Å². The predicted octanol–water partition coefficient (Wildman–Crippen LogP) is 0.625. The summed E-state index contributed by atoms with van der Waals surface area (Å²) in [4.78, 5) is 14.1. The van der Waals surface area contributed by atoms with Crippen LogP contribution >= 0.6 is 0 Å². The summed E-state index contributed by atoms with van der Waals surface area (Å²) in [6, 6.07) is 0. The first-order chi connectivity index (χ1) is 10.3. The van der Waals surface area contributed by atoms with Gasteiger partial charge in [-0.3, -0.25) is 9.89 Å². The highest BCUT2D eigenvalue weighted by atomic mass is 16.5. The molecule has 116 valence electrons. The van der Waals surface area contributed by atoms with E-state index in [1.54, 1.807) is 4.90 Å². The Balaban J connectivity index is 1.65. The molecule has 6 heteroatoms. The van der Waals surface area contributed by atoms with Gasteiger partial charge in [0.25, 0.3) is 5.91 Å². The number of fused-ring (bicyclic) bond motifs is 1. The molecule has 0 unspecified atom stereocenters. The Kier molecular flexibility index (Phi) is 4.55. The molecule has 1 atom stereocenters. The van der Waals surface area contributed by atoms with E-state index in [0.29, 0.717) is 19.7 Å². The summed E-state index contributed by atoms with van der Waals surface area (Å²) < 4.78 is 5.53. The van der Waals surface area contributed by atoms with Gasteiger partial charge >= 0.3 is 0 Å². The Labute approximate surface area is 125 Å². The first-order valence-corrected chi connectivity index (χ1v) is 7.88. The lowest BCUT2D eigenvalue weighted by molar-refractivity contribution is -0.144. The summed E-state index contributed by atoms with van der Waals surface area (Å²) in [7, 11) is 1.83. The van der Waals surface area contributed by atoms with Crippen molar-refractivity contribution in [2.45, 2.75) is 44.8 Å². The summed E-state index contributed by atoms with van der Waals surface area (Å²) >= 11 is 0. The van der Waals surface area contributed by atoms with Gasteiger partial charge in [-0.05, 0) is 31.2 Å². The summed E-state index contributed by atoms with van der Waals surface area (Å²) in [5, 5.41) is 10.8. The number of likely N-dealkylation sites (N-methyl/N-ethyl adjacent to an activating group) is 1. The van der Waals surface area contributed by atoms with Gasteiger partial charge in [0, 0.05) is 25.8 Å². The van der Waals surface area contributed by atoms with Crippen LogP contribution in [0.4, 0.5) is 0 Å². The highest BCUT2D eigenvalue weighted by Crippen LogP contribution is 2.22. The summed E-state index contributed by atoms with van der Waals surface area (Å²) in [5.74, 6) is 0.0348. The first kappa shape index (κ1) is 14.5. The van der Waals surface area contributed by atoms with Gasteiger partial charge in [0.2, 0.25) is 0 Å². The zero-order valence-electron chi connectivity index (χ0n) is 12.7. The number of carbonyl (C=O) groups is 1. The van der Waals surface area contributed by atoms with Crippen LogP contribution in [0.3, 0.4) is 0 Å². The first-order valence-electron chi connectivity index (χ1n) is 7.88. The quantitative estimate of drug-likeness (QED) is 0.802. The van der Waals surface area contributed by atoms with E-state index in [-0.39, 0.29) is 12.0 Å². The van der Waals surface area contributed by atoms with E-state index in [4.69, 9.17) is 4.74 Å². The number of hydrogen-bond acceptors (Lipinski definition) is 4. The van der Waals surface area contributed by atoms with Gasteiger partial charge in [-0.2, -0.15) is 5.10 Å². The van der Waals surface area contributed by atoms with Gasteiger partial charge in [0.15, 0.2) is 0 Å². The molecule has 0 spiro atoms. The lowest BCUT2D eigenvalue weighted by Crippen LogP contribution is -2.48. The maximum atomic E-state index is 12.4. The molecule has 0 bridgehead atoms. The molecule has 1 aliphatic carbocycles. The average Bonchev–Trinajstić information content (AvgIpc) is 2.75. The Bertz CT molecular complexity index is 494. The molecule has 21 heavy (non-hydrogen) atoms. The van der Waals surface area contributed by atoms with Crippen LogP contribution in [-0.4, -0.2) is 53.9 Å². The van der Waals surface area contributed by atoms with Crippen LogP contribution in [0.25, 0.3) is 0 Å². The van der Waals surface area contributed by atoms with E-state index in [1.165, 1.54) is 30.5 Å². The molecule has 1 fully saturated rings. The highest BCUT2D eigenvalue weighted by molar-refractivity contribution is 5.81. The standard InChI is InChI=1S/C15H24N4O2/c1-19(15(20)14-9-16-7-8-21-14)10-13-11-5-3-2-4-6-12(11)17-18-13/h14,16H,2-10H2,1H3,(H,17,18)/t14-/m1/s1. The molecule has 1 saturated heterocycles. The van der Waals surface area contributed by atoms with Gasteiger partial charge in [-0.25, -0.2) is 0 Å². The summed E-state index contributed by atoms with van der Waals surface area (Å²) in [6.45, 7) is 2.58. The lowest BCUT2D eigenvalue weighted by Gasteiger charge is -2.27. The van der Waals surface area contributed by atoms with Gasteiger partial charge in [-0.15, -0.1) is 0 Å². The number of rotatable bonds is 3.